The molecule has 0 aliphatic rings. The van der Waals surface area contributed by atoms with E-state index in [0.29, 0.717) is 16.8 Å². The average molecular weight is 375 g/mol. The first-order valence-electron chi connectivity index (χ1n) is 7.92. The Labute approximate surface area is 152 Å². The molecule has 0 heterocycles. The van der Waals surface area contributed by atoms with Crippen LogP contribution in [0.2, 0.25) is 0 Å². The van der Waals surface area contributed by atoms with Gasteiger partial charge in [0, 0.05) is 11.3 Å². The van der Waals surface area contributed by atoms with Crippen LogP contribution in [0.1, 0.15) is 21.5 Å². The molecule has 0 aromatic heterocycles. The molecule has 2 rings (SSSR count). The van der Waals surface area contributed by atoms with E-state index in [1.54, 1.807) is 44.2 Å². The fourth-order valence-electron chi connectivity index (χ4n) is 2.34. The van der Waals surface area contributed by atoms with Gasteiger partial charge in [-0.3, -0.25) is 9.59 Å². The maximum absolute atomic E-state index is 12.3. The number of para-hydroxylation sites is 1. The van der Waals surface area contributed by atoms with E-state index in [2.05, 4.69) is 15.4 Å². The number of sulfonamides is 1. The lowest BCUT2D eigenvalue weighted by Crippen LogP contribution is -2.33. The van der Waals surface area contributed by atoms with E-state index in [1.165, 1.54) is 13.1 Å². The first-order valence-corrected chi connectivity index (χ1v) is 9.41. The van der Waals surface area contributed by atoms with Crippen molar-refractivity contribution in [3.05, 3.63) is 59.2 Å². The second kappa shape index (κ2) is 8.11. The molecular weight excluding hydrogens is 354 g/mol. The number of aryl methyl sites for hydroxylation is 1. The van der Waals surface area contributed by atoms with E-state index < -0.39 is 15.9 Å². The molecule has 0 aliphatic carbocycles. The maximum atomic E-state index is 12.3. The van der Waals surface area contributed by atoms with E-state index >= 15 is 0 Å². The number of anilines is 1. The van der Waals surface area contributed by atoms with Crippen LogP contribution in [0.5, 0.6) is 0 Å². The molecule has 0 unspecified atom stereocenters. The molecule has 2 aromatic rings. The summed E-state index contributed by atoms with van der Waals surface area (Å²) in [6, 6.07) is 11.8. The van der Waals surface area contributed by atoms with Crippen LogP contribution in [0.3, 0.4) is 0 Å². The van der Waals surface area contributed by atoms with Crippen LogP contribution in [-0.2, 0) is 14.8 Å². The number of nitrogens with one attached hydrogen (secondary N) is 3. The molecule has 0 radical (unpaired) electrons. The van der Waals surface area contributed by atoms with Gasteiger partial charge >= 0.3 is 0 Å². The van der Waals surface area contributed by atoms with Crippen LogP contribution in [0.4, 0.5) is 5.69 Å². The van der Waals surface area contributed by atoms with Gasteiger partial charge in [0.25, 0.3) is 5.91 Å². The topological polar surface area (TPSA) is 104 Å². The minimum absolute atomic E-state index is 0.0406. The van der Waals surface area contributed by atoms with E-state index in [4.69, 9.17) is 0 Å². The van der Waals surface area contributed by atoms with Crippen molar-refractivity contribution in [1.82, 2.24) is 10.0 Å². The Morgan fingerprint density at radius 1 is 1.04 bits per heavy atom. The zero-order valence-electron chi connectivity index (χ0n) is 14.8. The third kappa shape index (κ3) is 4.68. The lowest BCUT2D eigenvalue weighted by atomic mass is 10.1. The molecule has 7 nitrogen and oxygen atoms in total. The number of rotatable bonds is 6. The molecule has 2 aromatic carbocycles. The van der Waals surface area contributed by atoms with Gasteiger partial charge in [0.1, 0.15) is 0 Å². The summed E-state index contributed by atoms with van der Waals surface area (Å²) >= 11 is 0. The lowest BCUT2D eigenvalue weighted by molar-refractivity contribution is -0.115. The molecule has 2 amide bonds. The quantitative estimate of drug-likeness (QED) is 0.713. The van der Waals surface area contributed by atoms with Crippen LogP contribution in [0, 0.1) is 13.8 Å². The molecule has 0 saturated carbocycles. The van der Waals surface area contributed by atoms with Gasteiger partial charge in [-0.15, -0.1) is 0 Å². The van der Waals surface area contributed by atoms with Gasteiger partial charge in [-0.25, -0.2) is 13.1 Å². The average Bonchev–Trinajstić information content (AvgIpc) is 2.62. The molecule has 26 heavy (non-hydrogen) atoms. The van der Waals surface area contributed by atoms with Crippen molar-refractivity contribution >= 4 is 27.5 Å². The number of carbonyl (C=O) groups is 2. The zero-order chi connectivity index (χ0) is 19.3. The van der Waals surface area contributed by atoms with Crippen LogP contribution < -0.4 is 15.4 Å². The Balaban J connectivity index is 2.11. The highest BCUT2D eigenvalue weighted by atomic mass is 32.2. The fraction of sp³-hybridized carbons (Fsp3) is 0.222. The van der Waals surface area contributed by atoms with E-state index in [1.807, 2.05) is 6.07 Å². The molecule has 3 N–H and O–H groups in total. The van der Waals surface area contributed by atoms with Crippen molar-refractivity contribution in [3.8, 4) is 0 Å². The van der Waals surface area contributed by atoms with Crippen LogP contribution in [-0.4, -0.2) is 33.8 Å². The predicted molar refractivity (Wildman–Crippen MR) is 99.6 cm³/mol. The minimum atomic E-state index is -3.69. The number of benzene rings is 2. The Hall–Kier alpha value is -2.71. The number of hydrogen-bond acceptors (Lipinski definition) is 4. The summed E-state index contributed by atoms with van der Waals surface area (Å²) < 4.78 is 26.5. The number of carbonyl (C=O) groups excluding carboxylic acids is 2. The van der Waals surface area contributed by atoms with E-state index in [0.717, 1.165) is 0 Å². The minimum Gasteiger partial charge on any atom is -0.343 e. The molecule has 0 spiro atoms. The molecule has 0 fully saturated rings. The third-order valence-corrected chi connectivity index (χ3v) is 5.45. The number of hydrogen-bond donors (Lipinski definition) is 3. The SMILES string of the molecule is CNS(=O)(=O)c1cc(C(=O)NCC(=O)Nc2ccccc2)cc(C)c1C. The molecule has 0 aliphatic heterocycles. The van der Waals surface area contributed by atoms with Crippen molar-refractivity contribution in [3.63, 3.8) is 0 Å². The summed E-state index contributed by atoms with van der Waals surface area (Å²) in [5.74, 6) is -0.902. The van der Waals surface area contributed by atoms with Crippen LogP contribution >= 0.6 is 0 Å². The predicted octanol–water partition coefficient (Wildman–Crippen LogP) is 1.58. The van der Waals surface area contributed by atoms with Gasteiger partial charge in [0.15, 0.2) is 0 Å². The normalized spacial score (nSPS) is 11.0. The molecule has 138 valence electrons. The maximum Gasteiger partial charge on any atom is 0.251 e. The van der Waals surface area contributed by atoms with Crippen LogP contribution in [0.15, 0.2) is 47.4 Å². The first-order chi connectivity index (χ1) is 12.2. The van der Waals surface area contributed by atoms with Crippen molar-refractivity contribution in [2.45, 2.75) is 18.7 Å². The summed E-state index contributed by atoms with van der Waals surface area (Å²) in [5.41, 5.74) is 2.03. The summed E-state index contributed by atoms with van der Waals surface area (Å²) in [5, 5.41) is 5.15. The van der Waals surface area contributed by atoms with Gasteiger partial charge in [-0.2, -0.15) is 0 Å². The summed E-state index contributed by atoms with van der Waals surface area (Å²) in [4.78, 5) is 24.3. The van der Waals surface area contributed by atoms with Crippen molar-refractivity contribution in [2.24, 2.45) is 0 Å². The largest absolute Gasteiger partial charge is 0.343 e. The molecular formula is C18H21N3O4S. The summed E-state index contributed by atoms with van der Waals surface area (Å²) in [6.45, 7) is 3.17. The summed E-state index contributed by atoms with van der Waals surface area (Å²) in [6.07, 6.45) is 0. The van der Waals surface area contributed by atoms with Crippen LogP contribution in [0.25, 0.3) is 0 Å². The Bertz CT molecular complexity index is 925. The highest BCUT2D eigenvalue weighted by molar-refractivity contribution is 7.89. The van der Waals surface area contributed by atoms with Crippen molar-refractivity contribution in [2.75, 3.05) is 18.9 Å². The highest BCUT2D eigenvalue weighted by Gasteiger charge is 2.19. The Morgan fingerprint density at radius 2 is 1.69 bits per heavy atom. The van der Waals surface area contributed by atoms with Crippen molar-refractivity contribution in [1.29, 1.82) is 0 Å². The second-order valence-electron chi connectivity index (χ2n) is 5.72. The third-order valence-electron chi connectivity index (χ3n) is 3.91. The second-order valence-corrected chi connectivity index (χ2v) is 7.58. The van der Waals surface area contributed by atoms with Gasteiger partial charge in [-0.05, 0) is 56.3 Å². The molecule has 0 bridgehead atoms. The van der Waals surface area contributed by atoms with Crippen molar-refractivity contribution < 1.29 is 18.0 Å². The highest BCUT2D eigenvalue weighted by Crippen LogP contribution is 2.21. The molecule has 8 heteroatoms. The van der Waals surface area contributed by atoms with Gasteiger partial charge in [0.05, 0.1) is 11.4 Å². The van der Waals surface area contributed by atoms with Gasteiger partial charge in [0.2, 0.25) is 15.9 Å². The Morgan fingerprint density at radius 3 is 2.31 bits per heavy atom. The lowest BCUT2D eigenvalue weighted by Gasteiger charge is -2.12. The fourth-order valence-corrected chi connectivity index (χ4v) is 3.40. The van der Waals surface area contributed by atoms with E-state index in [-0.39, 0.29) is 22.9 Å². The van der Waals surface area contributed by atoms with Gasteiger partial charge in [-0.1, -0.05) is 18.2 Å². The summed E-state index contributed by atoms with van der Waals surface area (Å²) in [7, 11) is -2.38. The zero-order valence-corrected chi connectivity index (χ0v) is 15.6. The van der Waals surface area contributed by atoms with E-state index in [9.17, 15) is 18.0 Å². The molecule has 0 saturated heterocycles. The molecule has 0 atom stereocenters. The number of amides is 2. The monoisotopic (exact) mass is 375 g/mol. The standard InChI is InChI=1S/C18H21N3O4S/c1-12-9-14(10-16(13(12)2)26(24,25)19-3)18(23)20-11-17(22)21-15-7-5-4-6-8-15/h4-10,19H,11H2,1-3H3,(H,20,23)(H,21,22). The van der Waals surface area contributed by atoms with Gasteiger partial charge < -0.3 is 10.6 Å². The smallest absolute Gasteiger partial charge is 0.251 e. The first kappa shape index (κ1) is 19.6. The Kier molecular flexibility index (Phi) is 6.12.